The molecular formula is C18H16ClN3. The number of hydrogen-bond donors (Lipinski definition) is 1. The Morgan fingerprint density at radius 1 is 0.636 bits per heavy atom. The van der Waals surface area contributed by atoms with Crippen LogP contribution in [-0.4, -0.2) is 9.97 Å². The zero-order valence-electron chi connectivity index (χ0n) is 11.9. The highest BCUT2D eigenvalue weighted by Crippen LogP contribution is 2.13. The summed E-state index contributed by atoms with van der Waals surface area (Å²) in [5.74, 6) is 0. The third kappa shape index (κ3) is 3.71. The number of fused-ring (bicyclic) bond motifs is 2. The molecule has 2 aromatic heterocycles. The average molecular weight is 310 g/mol. The van der Waals surface area contributed by atoms with Gasteiger partial charge in [-0.1, -0.05) is 30.3 Å². The fourth-order valence-corrected chi connectivity index (χ4v) is 2.11. The minimum atomic E-state index is 0. The molecule has 0 atom stereocenters. The zero-order valence-corrected chi connectivity index (χ0v) is 12.7. The van der Waals surface area contributed by atoms with E-state index in [4.69, 9.17) is 5.73 Å². The van der Waals surface area contributed by atoms with Crippen molar-refractivity contribution in [2.75, 3.05) is 5.73 Å². The van der Waals surface area contributed by atoms with E-state index in [-0.39, 0.29) is 12.4 Å². The number of anilines is 1. The topological polar surface area (TPSA) is 51.8 Å². The Labute approximate surface area is 135 Å². The smallest absolute Gasteiger partial charge is 0.0703 e. The summed E-state index contributed by atoms with van der Waals surface area (Å²) in [5.41, 5.74) is 8.43. The first-order valence-corrected chi connectivity index (χ1v) is 6.73. The number of pyridine rings is 2. The van der Waals surface area contributed by atoms with Gasteiger partial charge in [-0.2, -0.15) is 0 Å². The molecule has 0 fully saturated rings. The summed E-state index contributed by atoms with van der Waals surface area (Å²) in [4.78, 5) is 8.35. The van der Waals surface area contributed by atoms with Gasteiger partial charge in [0.05, 0.1) is 11.0 Å². The zero-order chi connectivity index (χ0) is 14.5. The molecule has 4 aromatic rings. The Hall–Kier alpha value is -2.65. The van der Waals surface area contributed by atoms with Gasteiger partial charge in [0, 0.05) is 28.9 Å². The summed E-state index contributed by atoms with van der Waals surface area (Å²) >= 11 is 0. The van der Waals surface area contributed by atoms with E-state index in [2.05, 4.69) is 22.1 Å². The molecule has 110 valence electrons. The van der Waals surface area contributed by atoms with Crippen molar-refractivity contribution in [3.63, 3.8) is 0 Å². The molecule has 0 bridgehead atoms. The second-order valence-electron chi connectivity index (χ2n) is 4.65. The van der Waals surface area contributed by atoms with Gasteiger partial charge in [-0.25, -0.2) is 0 Å². The van der Waals surface area contributed by atoms with E-state index in [9.17, 15) is 0 Å². The lowest BCUT2D eigenvalue weighted by atomic mass is 10.2. The maximum absolute atomic E-state index is 5.60. The first-order valence-electron chi connectivity index (χ1n) is 6.73. The van der Waals surface area contributed by atoms with Gasteiger partial charge < -0.3 is 5.73 Å². The number of rotatable bonds is 0. The molecule has 2 heterocycles. The van der Waals surface area contributed by atoms with Crippen molar-refractivity contribution >= 4 is 39.9 Å². The highest BCUT2D eigenvalue weighted by atomic mass is 35.5. The second-order valence-corrected chi connectivity index (χ2v) is 4.65. The van der Waals surface area contributed by atoms with Crippen molar-refractivity contribution < 1.29 is 0 Å². The molecule has 0 saturated heterocycles. The Morgan fingerprint density at radius 2 is 1.23 bits per heavy atom. The van der Waals surface area contributed by atoms with Gasteiger partial charge in [0.25, 0.3) is 0 Å². The predicted molar refractivity (Wildman–Crippen MR) is 95.1 cm³/mol. The Kier molecular flexibility index (Phi) is 5.28. The van der Waals surface area contributed by atoms with Crippen LogP contribution in [-0.2, 0) is 0 Å². The summed E-state index contributed by atoms with van der Waals surface area (Å²) in [6, 6.07) is 21.7. The predicted octanol–water partition coefficient (Wildman–Crippen LogP) is 4.47. The van der Waals surface area contributed by atoms with Gasteiger partial charge in [0.1, 0.15) is 0 Å². The number of para-hydroxylation sites is 1. The maximum Gasteiger partial charge on any atom is 0.0703 e. The summed E-state index contributed by atoms with van der Waals surface area (Å²) < 4.78 is 0. The number of nitrogens with zero attached hydrogens (tertiary/aromatic N) is 2. The van der Waals surface area contributed by atoms with Crippen LogP contribution in [0.5, 0.6) is 0 Å². The van der Waals surface area contributed by atoms with Crippen LogP contribution in [0, 0.1) is 0 Å². The van der Waals surface area contributed by atoms with Gasteiger partial charge in [-0.05, 0) is 36.4 Å². The van der Waals surface area contributed by atoms with E-state index >= 15 is 0 Å². The van der Waals surface area contributed by atoms with Crippen LogP contribution in [0.4, 0.5) is 5.69 Å². The van der Waals surface area contributed by atoms with Crippen molar-refractivity contribution in [3.05, 3.63) is 79.1 Å². The molecule has 0 unspecified atom stereocenters. The molecule has 0 amide bonds. The van der Waals surface area contributed by atoms with Crippen LogP contribution in [0.2, 0.25) is 0 Å². The van der Waals surface area contributed by atoms with Gasteiger partial charge in [0.2, 0.25) is 0 Å². The Morgan fingerprint density at radius 3 is 1.95 bits per heavy atom. The molecule has 0 spiro atoms. The van der Waals surface area contributed by atoms with Crippen molar-refractivity contribution in [1.82, 2.24) is 9.97 Å². The summed E-state index contributed by atoms with van der Waals surface area (Å²) in [5, 5.41) is 2.29. The van der Waals surface area contributed by atoms with Crippen LogP contribution < -0.4 is 5.73 Å². The number of aromatic nitrogens is 2. The van der Waals surface area contributed by atoms with E-state index in [0.717, 1.165) is 22.1 Å². The Balaban J connectivity index is 0.000000154. The third-order valence-corrected chi connectivity index (χ3v) is 3.14. The molecule has 0 aliphatic rings. The fraction of sp³-hybridized carbons (Fsp3) is 0. The van der Waals surface area contributed by atoms with Gasteiger partial charge in [-0.15, -0.1) is 12.4 Å². The molecule has 2 N–H and O–H groups in total. The monoisotopic (exact) mass is 309 g/mol. The summed E-state index contributed by atoms with van der Waals surface area (Å²) in [6.07, 6.45) is 3.58. The van der Waals surface area contributed by atoms with Gasteiger partial charge in [0.15, 0.2) is 0 Å². The molecule has 0 radical (unpaired) electrons. The molecular weight excluding hydrogens is 294 g/mol. The number of nitrogens with two attached hydrogens (primary N) is 1. The van der Waals surface area contributed by atoms with E-state index in [1.165, 1.54) is 5.39 Å². The van der Waals surface area contributed by atoms with Crippen molar-refractivity contribution in [3.8, 4) is 0 Å². The first kappa shape index (κ1) is 15.7. The lowest BCUT2D eigenvalue weighted by molar-refractivity contribution is 1.41. The molecule has 2 aromatic carbocycles. The van der Waals surface area contributed by atoms with Gasteiger partial charge >= 0.3 is 0 Å². The van der Waals surface area contributed by atoms with Crippen LogP contribution in [0.25, 0.3) is 21.8 Å². The molecule has 4 rings (SSSR count). The normalized spacial score (nSPS) is 9.64. The van der Waals surface area contributed by atoms with Crippen molar-refractivity contribution in [2.24, 2.45) is 0 Å². The molecule has 0 aliphatic carbocycles. The maximum atomic E-state index is 5.60. The van der Waals surface area contributed by atoms with E-state index in [1.54, 1.807) is 6.20 Å². The van der Waals surface area contributed by atoms with Crippen molar-refractivity contribution in [1.29, 1.82) is 0 Å². The van der Waals surface area contributed by atoms with Crippen LogP contribution in [0.1, 0.15) is 0 Å². The quantitative estimate of drug-likeness (QED) is 0.487. The lowest BCUT2D eigenvalue weighted by Crippen LogP contribution is -1.84. The van der Waals surface area contributed by atoms with E-state index in [0.29, 0.717) is 0 Å². The highest BCUT2D eigenvalue weighted by Gasteiger charge is 1.91. The molecule has 0 saturated carbocycles. The number of benzene rings is 2. The molecule has 22 heavy (non-hydrogen) atoms. The van der Waals surface area contributed by atoms with Crippen LogP contribution >= 0.6 is 12.4 Å². The second kappa shape index (κ2) is 7.38. The molecule has 4 heteroatoms. The summed E-state index contributed by atoms with van der Waals surface area (Å²) in [7, 11) is 0. The molecule has 0 aliphatic heterocycles. The highest BCUT2D eigenvalue weighted by molar-refractivity contribution is 5.85. The largest absolute Gasteiger partial charge is 0.399 e. The lowest BCUT2D eigenvalue weighted by Gasteiger charge is -1.96. The standard InChI is InChI=1S/C9H8N2.C9H7N.ClH/c10-8-3-4-9-7(6-8)2-1-5-11-9;1-2-6-9-8(4-1)5-3-7-10-9;/h1-6H,10H2;1-7H;1H. The van der Waals surface area contributed by atoms with E-state index in [1.807, 2.05) is 60.8 Å². The molecule has 3 nitrogen and oxygen atoms in total. The summed E-state index contributed by atoms with van der Waals surface area (Å²) in [6.45, 7) is 0. The minimum Gasteiger partial charge on any atom is -0.399 e. The third-order valence-electron chi connectivity index (χ3n) is 3.14. The van der Waals surface area contributed by atoms with Crippen LogP contribution in [0.15, 0.2) is 79.1 Å². The SMILES string of the molecule is Cl.Nc1ccc2ncccc2c1.c1ccc2ncccc2c1. The van der Waals surface area contributed by atoms with E-state index < -0.39 is 0 Å². The number of hydrogen-bond acceptors (Lipinski definition) is 3. The number of halogens is 1. The number of nitrogen functional groups attached to an aromatic ring is 1. The minimum absolute atomic E-state index is 0. The average Bonchev–Trinajstić information content (AvgIpc) is 2.55. The first-order chi connectivity index (χ1) is 10.3. The Bertz CT molecular complexity index is 812. The fourth-order valence-electron chi connectivity index (χ4n) is 2.11. The van der Waals surface area contributed by atoms with Crippen LogP contribution in [0.3, 0.4) is 0 Å². The van der Waals surface area contributed by atoms with Crippen molar-refractivity contribution in [2.45, 2.75) is 0 Å². The van der Waals surface area contributed by atoms with Gasteiger partial charge in [-0.3, -0.25) is 9.97 Å².